The number of benzene rings is 2. The Morgan fingerprint density at radius 2 is 1.35 bits per heavy atom. The van der Waals surface area contributed by atoms with E-state index in [4.69, 9.17) is 14.2 Å². The van der Waals surface area contributed by atoms with Gasteiger partial charge in [-0.3, -0.25) is 9.13 Å². The number of rotatable bonds is 15. The molecule has 2 aromatic carbocycles. The molecule has 0 saturated carbocycles. The lowest BCUT2D eigenvalue weighted by Crippen LogP contribution is -2.28. The predicted octanol–water partition coefficient (Wildman–Crippen LogP) is 0.904. The van der Waals surface area contributed by atoms with Crippen LogP contribution in [0.1, 0.15) is 31.9 Å². The fourth-order valence-electron chi connectivity index (χ4n) is 3.58. The van der Waals surface area contributed by atoms with Gasteiger partial charge >= 0.3 is 27.1 Å². The summed E-state index contributed by atoms with van der Waals surface area (Å²) in [4.78, 5) is 62.7. The SMILES string of the molecule is C=CC(=O)OC(O)COc1ccc(C(C)(C)c2ccc(OCC(O)COC(=O)C(=C)C)c(P(=O)(O)O)c2)cc1P(=O)(O)O. The summed E-state index contributed by atoms with van der Waals surface area (Å²) in [6.07, 6.45) is -2.25. The maximum absolute atomic E-state index is 12.3. The standard InChI is InChI=1S/C27H34O14P2/c1-6-24(29)41-25(30)15-39-21-10-8-18(12-23(21)43(35,36)37)27(4,5)17-7-9-20(22(11-17)42(32,33)34)38-13-19(28)14-40-26(31)16(2)3/h6-12,19,25,28,30H,1-2,13-15H2,3-5H3,(H2,32,33,34)(H2,35,36,37). The molecular formula is C27H34O14P2. The van der Waals surface area contributed by atoms with Gasteiger partial charge in [0.15, 0.2) is 6.61 Å². The van der Waals surface area contributed by atoms with Gasteiger partial charge in [-0.25, -0.2) is 9.59 Å². The third-order valence-corrected chi connectivity index (χ3v) is 7.93. The Bertz CT molecular complexity index is 1460. The van der Waals surface area contributed by atoms with Crippen molar-refractivity contribution in [1.82, 2.24) is 0 Å². The lowest BCUT2D eigenvalue weighted by molar-refractivity contribution is -0.166. The first kappa shape index (κ1) is 35.9. The number of carbonyl (C=O) groups excluding carboxylic acids is 2. The van der Waals surface area contributed by atoms with Gasteiger partial charge in [0.05, 0.1) is 0 Å². The number of ether oxygens (including phenoxy) is 4. The number of aliphatic hydroxyl groups is 2. The van der Waals surface area contributed by atoms with E-state index in [2.05, 4.69) is 17.9 Å². The molecule has 0 bridgehead atoms. The lowest BCUT2D eigenvalue weighted by atomic mass is 9.78. The van der Waals surface area contributed by atoms with E-state index in [1.54, 1.807) is 13.8 Å². The zero-order valence-electron chi connectivity index (χ0n) is 23.6. The molecule has 6 N–H and O–H groups in total. The Morgan fingerprint density at radius 1 is 0.884 bits per heavy atom. The second-order valence-corrected chi connectivity index (χ2v) is 13.0. The van der Waals surface area contributed by atoms with Gasteiger partial charge in [0.1, 0.15) is 41.4 Å². The summed E-state index contributed by atoms with van der Waals surface area (Å²) in [5.74, 6) is -2.20. The third kappa shape index (κ3) is 10.1. The molecule has 2 rings (SSSR count). The molecule has 2 atom stereocenters. The Kier molecular flexibility index (Phi) is 12.0. The molecule has 0 aliphatic heterocycles. The minimum absolute atomic E-state index is 0.121. The van der Waals surface area contributed by atoms with Crippen molar-refractivity contribution in [2.75, 3.05) is 19.8 Å². The van der Waals surface area contributed by atoms with Crippen LogP contribution < -0.4 is 20.1 Å². The highest BCUT2D eigenvalue weighted by Gasteiger charge is 2.32. The van der Waals surface area contributed by atoms with E-state index < -0.39 is 75.4 Å². The van der Waals surface area contributed by atoms with Crippen LogP contribution in [0.25, 0.3) is 0 Å². The second-order valence-electron chi connectivity index (χ2n) is 9.83. The normalized spacial score (nSPS) is 13.4. The molecule has 0 fully saturated rings. The average molecular weight is 645 g/mol. The van der Waals surface area contributed by atoms with Gasteiger partial charge in [0.25, 0.3) is 0 Å². The molecule has 16 heteroatoms. The van der Waals surface area contributed by atoms with E-state index in [-0.39, 0.29) is 17.1 Å². The summed E-state index contributed by atoms with van der Waals surface area (Å²) in [7, 11) is -9.89. The molecule has 0 aromatic heterocycles. The molecule has 43 heavy (non-hydrogen) atoms. The number of esters is 2. The monoisotopic (exact) mass is 644 g/mol. The van der Waals surface area contributed by atoms with Crippen molar-refractivity contribution in [1.29, 1.82) is 0 Å². The van der Waals surface area contributed by atoms with Crippen LogP contribution in [0, 0.1) is 0 Å². The van der Waals surface area contributed by atoms with Crippen LogP contribution in [-0.2, 0) is 33.6 Å². The molecular weight excluding hydrogens is 610 g/mol. The number of aliphatic hydroxyl groups excluding tert-OH is 2. The Morgan fingerprint density at radius 3 is 1.77 bits per heavy atom. The van der Waals surface area contributed by atoms with Gasteiger partial charge in [0.2, 0.25) is 6.29 Å². The van der Waals surface area contributed by atoms with Crippen molar-refractivity contribution < 1.29 is 67.5 Å². The third-order valence-electron chi connectivity index (χ3n) is 5.98. The molecule has 0 saturated heterocycles. The van der Waals surface area contributed by atoms with E-state index in [1.807, 2.05) is 0 Å². The van der Waals surface area contributed by atoms with Crippen molar-refractivity contribution in [2.45, 2.75) is 38.6 Å². The summed E-state index contributed by atoms with van der Waals surface area (Å²) in [6.45, 7) is 9.76. The van der Waals surface area contributed by atoms with E-state index in [9.17, 15) is 48.5 Å². The Hall–Kier alpha value is -3.32. The van der Waals surface area contributed by atoms with Crippen LogP contribution in [0.15, 0.2) is 61.2 Å². The van der Waals surface area contributed by atoms with Gasteiger partial charge in [-0.1, -0.05) is 39.1 Å². The van der Waals surface area contributed by atoms with Crippen LogP contribution in [0.4, 0.5) is 0 Å². The molecule has 0 aliphatic rings. The van der Waals surface area contributed by atoms with Gasteiger partial charge < -0.3 is 48.7 Å². The number of carbonyl (C=O) groups is 2. The summed E-state index contributed by atoms with van der Waals surface area (Å²) in [6, 6.07) is 7.77. The fourth-order valence-corrected chi connectivity index (χ4v) is 5.05. The summed E-state index contributed by atoms with van der Waals surface area (Å²) >= 11 is 0. The molecule has 0 spiro atoms. The Balaban J connectivity index is 2.37. The quantitative estimate of drug-likeness (QED) is 0.0686. The van der Waals surface area contributed by atoms with Crippen molar-refractivity contribution in [3.63, 3.8) is 0 Å². The molecule has 2 unspecified atom stereocenters. The van der Waals surface area contributed by atoms with Crippen molar-refractivity contribution >= 4 is 37.7 Å². The average Bonchev–Trinajstić information content (AvgIpc) is 2.92. The maximum Gasteiger partial charge on any atom is 0.359 e. The second kappa shape index (κ2) is 14.4. The van der Waals surface area contributed by atoms with E-state index in [0.29, 0.717) is 11.1 Å². The zero-order valence-corrected chi connectivity index (χ0v) is 25.4. The van der Waals surface area contributed by atoms with Gasteiger partial charge in [-0.05, 0) is 42.3 Å². The molecule has 2 aromatic rings. The van der Waals surface area contributed by atoms with Crippen molar-refractivity contribution in [3.8, 4) is 11.5 Å². The summed E-state index contributed by atoms with van der Waals surface area (Å²) in [5, 5.41) is 18.8. The van der Waals surface area contributed by atoms with Crippen LogP contribution in [0.3, 0.4) is 0 Å². The minimum atomic E-state index is -4.95. The first-order valence-electron chi connectivity index (χ1n) is 12.5. The summed E-state index contributed by atoms with van der Waals surface area (Å²) in [5.41, 5.74) is -0.334. The van der Waals surface area contributed by atoms with Crippen LogP contribution in [-0.4, -0.2) is 73.9 Å². The topological polar surface area (TPSA) is 227 Å². The Labute approximate surface area is 247 Å². The highest BCUT2D eigenvalue weighted by atomic mass is 31.2. The lowest BCUT2D eigenvalue weighted by Gasteiger charge is -2.28. The predicted molar refractivity (Wildman–Crippen MR) is 153 cm³/mol. The molecule has 0 radical (unpaired) electrons. The molecule has 14 nitrogen and oxygen atoms in total. The van der Waals surface area contributed by atoms with Crippen LogP contribution in [0.2, 0.25) is 0 Å². The summed E-state index contributed by atoms with van der Waals surface area (Å²) < 4.78 is 44.7. The van der Waals surface area contributed by atoms with Gasteiger partial charge in [-0.15, -0.1) is 0 Å². The van der Waals surface area contributed by atoms with Gasteiger partial charge in [-0.2, -0.15) is 0 Å². The van der Waals surface area contributed by atoms with E-state index in [1.165, 1.54) is 37.3 Å². The molecule has 0 heterocycles. The van der Waals surface area contributed by atoms with Gasteiger partial charge in [0, 0.05) is 17.1 Å². The molecule has 0 amide bonds. The largest absolute Gasteiger partial charge is 0.490 e. The van der Waals surface area contributed by atoms with Crippen LogP contribution >= 0.6 is 15.2 Å². The zero-order chi connectivity index (χ0) is 32.8. The minimum Gasteiger partial charge on any atom is -0.490 e. The first-order chi connectivity index (χ1) is 19.8. The van der Waals surface area contributed by atoms with E-state index >= 15 is 0 Å². The van der Waals surface area contributed by atoms with Crippen molar-refractivity contribution in [2.24, 2.45) is 0 Å². The fraction of sp³-hybridized carbons (Fsp3) is 0.333. The molecule has 236 valence electrons. The number of hydrogen-bond acceptors (Lipinski definition) is 10. The van der Waals surface area contributed by atoms with E-state index in [0.717, 1.165) is 12.1 Å². The van der Waals surface area contributed by atoms with Crippen molar-refractivity contribution in [3.05, 3.63) is 72.3 Å². The first-order valence-corrected chi connectivity index (χ1v) is 15.7. The smallest absolute Gasteiger partial charge is 0.359 e. The highest BCUT2D eigenvalue weighted by Crippen LogP contribution is 2.43. The molecule has 0 aliphatic carbocycles. The number of hydrogen-bond donors (Lipinski definition) is 6. The highest BCUT2D eigenvalue weighted by molar-refractivity contribution is 7.60. The van der Waals surface area contributed by atoms with Crippen LogP contribution in [0.5, 0.6) is 11.5 Å². The maximum atomic E-state index is 12.3.